The molecule has 1 rings (SSSR count). The topological polar surface area (TPSA) is 104 Å². The molecule has 6 heteroatoms. The number of aliphatic hydroxyl groups excluding tert-OH is 3. The number of carbonyl (C=O) groups is 2. The molecule has 4 atom stereocenters. The van der Waals surface area contributed by atoms with Gasteiger partial charge >= 0.3 is 5.97 Å². The predicted octanol–water partition coefficient (Wildman–Crippen LogP) is -2.81. The van der Waals surface area contributed by atoms with Crippen LogP contribution in [0.2, 0.25) is 0 Å². The molecule has 68 valence electrons. The zero-order chi connectivity index (χ0) is 9.30. The van der Waals surface area contributed by atoms with Crippen LogP contribution in [-0.4, -0.2) is 52.0 Å². The Labute approximate surface area is 67.4 Å². The second kappa shape index (κ2) is 3.18. The van der Waals surface area contributed by atoms with Crippen molar-refractivity contribution in [3.63, 3.8) is 0 Å². The van der Waals surface area contributed by atoms with Crippen LogP contribution in [0.1, 0.15) is 0 Å². The van der Waals surface area contributed by atoms with Gasteiger partial charge in [0.1, 0.15) is 12.2 Å². The molecule has 0 aromatic heterocycles. The molecule has 1 heterocycles. The number of carbonyl (C=O) groups excluding carboxylic acids is 2. The standard InChI is InChI=1S/C6H8O6/c7-1-2(8)5-3(9)4(10)6(11)12-5/h1-5,8-10H/t2-,3-,4+,5+/m0/s1. The van der Waals surface area contributed by atoms with Gasteiger partial charge in [0.25, 0.3) is 0 Å². The van der Waals surface area contributed by atoms with Crippen LogP contribution in [0.3, 0.4) is 0 Å². The summed E-state index contributed by atoms with van der Waals surface area (Å²) >= 11 is 0. The van der Waals surface area contributed by atoms with Gasteiger partial charge in [-0.3, -0.25) is 0 Å². The fourth-order valence-electron chi connectivity index (χ4n) is 0.942. The second-order valence-electron chi connectivity index (χ2n) is 2.46. The van der Waals surface area contributed by atoms with Crippen LogP contribution in [0.4, 0.5) is 0 Å². The minimum absolute atomic E-state index is 0.124. The van der Waals surface area contributed by atoms with E-state index in [1.807, 2.05) is 0 Å². The normalized spacial score (nSPS) is 37.6. The first kappa shape index (κ1) is 9.11. The number of rotatable bonds is 2. The van der Waals surface area contributed by atoms with Gasteiger partial charge in [-0.05, 0) is 0 Å². The fourth-order valence-corrected chi connectivity index (χ4v) is 0.942. The average molecular weight is 176 g/mol. The molecule has 0 amide bonds. The van der Waals surface area contributed by atoms with Gasteiger partial charge in [0.05, 0.1) is 0 Å². The third-order valence-corrected chi connectivity index (χ3v) is 1.63. The van der Waals surface area contributed by atoms with Gasteiger partial charge in [-0.1, -0.05) is 0 Å². The highest BCUT2D eigenvalue weighted by molar-refractivity contribution is 5.78. The van der Waals surface area contributed by atoms with Crippen molar-refractivity contribution >= 4 is 12.3 Å². The SMILES string of the molecule is O=C[C@H](O)[C@H]1OC(=O)[C@H](O)[C@@H]1O. The summed E-state index contributed by atoms with van der Waals surface area (Å²) in [6, 6.07) is 0. The fraction of sp³-hybridized carbons (Fsp3) is 0.667. The van der Waals surface area contributed by atoms with Crippen molar-refractivity contribution in [2.45, 2.75) is 24.4 Å². The van der Waals surface area contributed by atoms with Crippen LogP contribution in [0.5, 0.6) is 0 Å². The van der Waals surface area contributed by atoms with E-state index in [2.05, 4.69) is 4.74 Å². The van der Waals surface area contributed by atoms with Gasteiger partial charge in [0.15, 0.2) is 18.5 Å². The van der Waals surface area contributed by atoms with Crippen LogP contribution in [0, 0.1) is 0 Å². The Bertz CT molecular complexity index is 202. The van der Waals surface area contributed by atoms with Crippen LogP contribution in [-0.2, 0) is 14.3 Å². The molecule has 6 nitrogen and oxygen atoms in total. The molecule has 0 aliphatic carbocycles. The number of esters is 1. The van der Waals surface area contributed by atoms with Crippen LogP contribution in [0.25, 0.3) is 0 Å². The lowest BCUT2D eigenvalue weighted by Gasteiger charge is -2.14. The molecular formula is C6H8O6. The number of hydrogen-bond acceptors (Lipinski definition) is 6. The molecule has 0 unspecified atom stereocenters. The van der Waals surface area contributed by atoms with E-state index in [1.54, 1.807) is 0 Å². The largest absolute Gasteiger partial charge is 0.454 e. The van der Waals surface area contributed by atoms with Crippen molar-refractivity contribution in [3.8, 4) is 0 Å². The number of aldehydes is 1. The molecule has 0 aromatic carbocycles. The highest BCUT2D eigenvalue weighted by Crippen LogP contribution is 2.17. The molecule has 1 fully saturated rings. The van der Waals surface area contributed by atoms with E-state index in [9.17, 15) is 9.59 Å². The van der Waals surface area contributed by atoms with E-state index in [1.165, 1.54) is 0 Å². The summed E-state index contributed by atoms with van der Waals surface area (Å²) in [7, 11) is 0. The van der Waals surface area contributed by atoms with Crippen molar-refractivity contribution in [1.82, 2.24) is 0 Å². The number of cyclic esters (lactones) is 1. The molecule has 0 bridgehead atoms. The molecule has 1 aliphatic heterocycles. The van der Waals surface area contributed by atoms with Crippen molar-refractivity contribution in [3.05, 3.63) is 0 Å². The average Bonchev–Trinajstić information content (AvgIpc) is 2.32. The van der Waals surface area contributed by atoms with E-state index < -0.39 is 30.4 Å². The summed E-state index contributed by atoms with van der Waals surface area (Å²) in [6.07, 6.45) is -6.05. The molecule has 3 N–H and O–H groups in total. The summed E-state index contributed by atoms with van der Waals surface area (Å²) in [5, 5.41) is 26.7. The minimum Gasteiger partial charge on any atom is -0.454 e. The predicted molar refractivity (Wildman–Crippen MR) is 34.0 cm³/mol. The van der Waals surface area contributed by atoms with Gasteiger partial charge in [0, 0.05) is 0 Å². The lowest BCUT2D eigenvalue weighted by molar-refractivity contribution is -0.151. The number of ether oxygens (including phenoxy) is 1. The molecule has 0 aromatic rings. The Morgan fingerprint density at radius 1 is 1.50 bits per heavy atom. The van der Waals surface area contributed by atoms with Gasteiger partial charge in [0.2, 0.25) is 0 Å². The zero-order valence-corrected chi connectivity index (χ0v) is 5.95. The summed E-state index contributed by atoms with van der Waals surface area (Å²) < 4.78 is 4.32. The Kier molecular flexibility index (Phi) is 2.41. The summed E-state index contributed by atoms with van der Waals surface area (Å²) in [5.74, 6) is -1.03. The van der Waals surface area contributed by atoms with E-state index in [4.69, 9.17) is 15.3 Å². The molecule has 0 saturated carbocycles. The van der Waals surface area contributed by atoms with Gasteiger partial charge in [-0.2, -0.15) is 0 Å². The van der Waals surface area contributed by atoms with E-state index in [0.29, 0.717) is 0 Å². The van der Waals surface area contributed by atoms with Crippen LogP contribution < -0.4 is 0 Å². The summed E-state index contributed by atoms with van der Waals surface area (Å²) in [4.78, 5) is 20.6. The molecule has 12 heavy (non-hydrogen) atoms. The Hall–Kier alpha value is -0.980. The smallest absolute Gasteiger partial charge is 0.338 e. The van der Waals surface area contributed by atoms with E-state index in [-0.39, 0.29) is 6.29 Å². The molecule has 0 radical (unpaired) electrons. The lowest BCUT2D eigenvalue weighted by Crippen LogP contribution is -2.39. The molecule has 1 aliphatic rings. The third-order valence-electron chi connectivity index (χ3n) is 1.63. The third kappa shape index (κ3) is 1.31. The minimum atomic E-state index is -1.68. The van der Waals surface area contributed by atoms with Gasteiger partial charge in [-0.25, -0.2) is 4.79 Å². The number of hydrogen-bond donors (Lipinski definition) is 3. The Morgan fingerprint density at radius 3 is 2.42 bits per heavy atom. The van der Waals surface area contributed by atoms with Crippen LogP contribution >= 0.6 is 0 Å². The van der Waals surface area contributed by atoms with Gasteiger partial charge < -0.3 is 24.9 Å². The Balaban J connectivity index is 2.70. The van der Waals surface area contributed by atoms with Crippen molar-refractivity contribution in [2.75, 3.05) is 0 Å². The summed E-state index contributed by atoms with van der Waals surface area (Å²) in [5.41, 5.74) is 0. The second-order valence-corrected chi connectivity index (χ2v) is 2.46. The first-order chi connectivity index (χ1) is 5.57. The summed E-state index contributed by atoms with van der Waals surface area (Å²) in [6.45, 7) is 0. The Morgan fingerprint density at radius 2 is 2.08 bits per heavy atom. The highest BCUT2D eigenvalue weighted by Gasteiger charge is 2.46. The molecule has 1 saturated heterocycles. The van der Waals surface area contributed by atoms with Gasteiger partial charge in [-0.15, -0.1) is 0 Å². The van der Waals surface area contributed by atoms with E-state index >= 15 is 0 Å². The monoisotopic (exact) mass is 176 g/mol. The molecular weight excluding hydrogens is 168 g/mol. The first-order valence-corrected chi connectivity index (χ1v) is 3.28. The van der Waals surface area contributed by atoms with E-state index in [0.717, 1.165) is 0 Å². The van der Waals surface area contributed by atoms with Crippen molar-refractivity contribution < 1.29 is 29.6 Å². The van der Waals surface area contributed by atoms with Crippen molar-refractivity contribution in [1.29, 1.82) is 0 Å². The first-order valence-electron chi connectivity index (χ1n) is 3.28. The van der Waals surface area contributed by atoms with Crippen LogP contribution in [0.15, 0.2) is 0 Å². The quantitative estimate of drug-likeness (QED) is 0.310. The lowest BCUT2D eigenvalue weighted by atomic mass is 10.1. The molecule has 0 spiro atoms. The maximum Gasteiger partial charge on any atom is 0.338 e. The zero-order valence-electron chi connectivity index (χ0n) is 5.95. The highest BCUT2D eigenvalue weighted by atomic mass is 16.6. The maximum absolute atomic E-state index is 10.6. The maximum atomic E-state index is 10.6. The van der Waals surface area contributed by atoms with Crippen molar-refractivity contribution in [2.24, 2.45) is 0 Å². The number of aliphatic hydroxyl groups is 3.